The van der Waals surface area contributed by atoms with Gasteiger partial charge in [0.15, 0.2) is 5.96 Å². The molecule has 2 aromatic carbocycles. The van der Waals surface area contributed by atoms with Crippen molar-refractivity contribution in [2.24, 2.45) is 4.99 Å². The Morgan fingerprint density at radius 3 is 2.55 bits per heavy atom. The number of aliphatic imine (C=N–C) groups is 1. The molecule has 0 saturated heterocycles. The molecule has 7 nitrogen and oxygen atoms in total. The molecule has 0 bridgehead atoms. The van der Waals surface area contributed by atoms with Gasteiger partial charge in [0.05, 0.1) is 18.8 Å². The van der Waals surface area contributed by atoms with Gasteiger partial charge in [-0.25, -0.2) is 14.7 Å². The van der Waals surface area contributed by atoms with Crippen LogP contribution < -0.4 is 15.4 Å². The topological polar surface area (TPSA) is 76.4 Å². The first-order chi connectivity index (χ1) is 13.8. The molecular weight excluding hydrogens is 479 g/mol. The maximum Gasteiger partial charge on any atom is 0.191 e. The van der Waals surface area contributed by atoms with Crippen LogP contribution in [-0.4, -0.2) is 33.9 Å². The number of hydrogen-bond donors (Lipinski definition) is 2. The molecule has 0 aliphatic heterocycles. The van der Waals surface area contributed by atoms with Crippen molar-refractivity contribution in [3.8, 4) is 11.4 Å². The van der Waals surface area contributed by atoms with Gasteiger partial charge in [-0.1, -0.05) is 30.3 Å². The van der Waals surface area contributed by atoms with Gasteiger partial charge in [0.2, 0.25) is 0 Å². The van der Waals surface area contributed by atoms with E-state index < -0.39 is 0 Å². The van der Waals surface area contributed by atoms with E-state index in [1.807, 2.05) is 37.3 Å². The number of rotatable bonds is 8. The second-order valence-electron chi connectivity index (χ2n) is 6.10. The summed E-state index contributed by atoms with van der Waals surface area (Å²) in [6, 6.07) is 16.2. The number of halogens is 1. The summed E-state index contributed by atoms with van der Waals surface area (Å²) in [4.78, 5) is 8.65. The van der Waals surface area contributed by atoms with E-state index in [1.54, 1.807) is 11.0 Å². The zero-order valence-electron chi connectivity index (χ0n) is 16.7. The summed E-state index contributed by atoms with van der Waals surface area (Å²) in [5.74, 6) is 1.67. The molecular formula is C21H27IN6O. The van der Waals surface area contributed by atoms with Crippen molar-refractivity contribution in [1.29, 1.82) is 0 Å². The zero-order chi connectivity index (χ0) is 19.6. The fourth-order valence-corrected chi connectivity index (χ4v) is 2.73. The van der Waals surface area contributed by atoms with Crippen LogP contribution in [0.2, 0.25) is 0 Å². The lowest BCUT2D eigenvalue weighted by Crippen LogP contribution is -2.36. The Hall–Kier alpha value is -2.62. The SMILES string of the molecule is CCNC(=NCc1ccc(-n2cncn2)cc1)NCc1ccccc1OCC.I. The highest BCUT2D eigenvalue weighted by Crippen LogP contribution is 2.17. The van der Waals surface area contributed by atoms with E-state index in [-0.39, 0.29) is 24.0 Å². The van der Waals surface area contributed by atoms with Crippen molar-refractivity contribution in [3.63, 3.8) is 0 Å². The average Bonchev–Trinajstić information content (AvgIpc) is 3.26. The molecule has 2 N–H and O–H groups in total. The van der Waals surface area contributed by atoms with E-state index in [9.17, 15) is 0 Å². The Bertz CT molecular complexity index is 880. The highest BCUT2D eigenvalue weighted by Gasteiger charge is 2.04. The second kappa shape index (κ2) is 12.1. The van der Waals surface area contributed by atoms with Crippen LogP contribution in [0, 0.1) is 0 Å². The van der Waals surface area contributed by atoms with Gasteiger partial charge >= 0.3 is 0 Å². The third kappa shape index (κ3) is 6.74. The maximum atomic E-state index is 5.69. The normalized spacial score (nSPS) is 10.9. The van der Waals surface area contributed by atoms with Gasteiger partial charge in [0, 0.05) is 18.7 Å². The quantitative estimate of drug-likeness (QED) is 0.278. The average molecular weight is 506 g/mol. The third-order valence-electron chi connectivity index (χ3n) is 4.10. The van der Waals surface area contributed by atoms with Crippen LogP contribution in [0.1, 0.15) is 25.0 Å². The highest BCUT2D eigenvalue weighted by atomic mass is 127. The minimum atomic E-state index is 0. The van der Waals surface area contributed by atoms with E-state index in [2.05, 4.69) is 50.8 Å². The molecule has 0 radical (unpaired) electrons. The molecule has 0 atom stereocenters. The fourth-order valence-electron chi connectivity index (χ4n) is 2.73. The molecule has 0 aliphatic rings. The minimum absolute atomic E-state index is 0. The third-order valence-corrected chi connectivity index (χ3v) is 4.10. The van der Waals surface area contributed by atoms with Crippen molar-refractivity contribution >= 4 is 29.9 Å². The number of nitrogens with zero attached hydrogens (tertiary/aromatic N) is 4. The Morgan fingerprint density at radius 1 is 1.07 bits per heavy atom. The Labute approximate surface area is 188 Å². The number of hydrogen-bond acceptors (Lipinski definition) is 4. The lowest BCUT2D eigenvalue weighted by Gasteiger charge is -2.14. The number of ether oxygens (including phenoxy) is 1. The zero-order valence-corrected chi connectivity index (χ0v) is 19.0. The minimum Gasteiger partial charge on any atom is -0.494 e. The van der Waals surface area contributed by atoms with Crippen LogP contribution in [0.25, 0.3) is 5.69 Å². The number of nitrogens with one attached hydrogen (secondary N) is 2. The van der Waals surface area contributed by atoms with E-state index in [1.165, 1.54) is 6.33 Å². The molecule has 154 valence electrons. The monoisotopic (exact) mass is 506 g/mol. The van der Waals surface area contributed by atoms with Crippen molar-refractivity contribution in [1.82, 2.24) is 25.4 Å². The van der Waals surface area contributed by atoms with Crippen molar-refractivity contribution < 1.29 is 4.74 Å². The number of aromatic nitrogens is 3. The number of guanidine groups is 1. The summed E-state index contributed by atoms with van der Waals surface area (Å²) in [5.41, 5.74) is 3.20. The van der Waals surface area contributed by atoms with Gasteiger partial charge < -0.3 is 15.4 Å². The van der Waals surface area contributed by atoms with Crippen molar-refractivity contribution in [2.45, 2.75) is 26.9 Å². The highest BCUT2D eigenvalue weighted by molar-refractivity contribution is 14.0. The van der Waals surface area contributed by atoms with Crippen LogP contribution in [0.15, 0.2) is 66.2 Å². The van der Waals surface area contributed by atoms with Gasteiger partial charge in [0.25, 0.3) is 0 Å². The summed E-state index contributed by atoms with van der Waals surface area (Å²) in [5, 5.41) is 10.8. The van der Waals surface area contributed by atoms with Crippen LogP contribution in [0.3, 0.4) is 0 Å². The molecule has 1 heterocycles. The standard InChI is InChI=1S/C21H26N6O.HI/c1-3-23-21(25-14-18-7-5-6-8-20(18)28-4-2)24-13-17-9-11-19(12-10-17)27-16-22-15-26-27;/h5-12,15-16H,3-4,13-14H2,1-2H3,(H2,23,24,25);1H. The van der Waals surface area contributed by atoms with Gasteiger partial charge in [-0.15, -0.1) is 24.0 Å². The summed E-state index contributed by atoms with van der Waals surface area (Å²) in [7, 11) is 0. The van der Waals surface area contributed by atoms with Crippen LogP contribution in [0.4, 0.5) is 0 Å². The first-order valence-electron chi connectivity index (χ1n) is 9.47. The van der Waals surface area contributed by atoms with Crippen LogP contribution in [-0.2, 0) is 13.1 Å². The van der Waals surface area contributed by atoms with Crippen LogP contribution >= 0.6 is 24.0 Å². The summed E-state index contributed by atoms with van der Waals surface area (Å²) >= 11 is 0. The molecule has 1 aromatic heterocycles. The van der Waals surface area contributed by atoms with E-state index in [0.717, 1.165) is 35.1 Å². The molecule has 3 aromatic rings. The van der Waals surface area contributed by atoms with Gasteiger partial charge in [-0.05, 0) is 37.6 Å². The molecule has 29 heavy (non-hydrogen) atoms. The Balaban J connectivity index is 0.00000300. The summed E-state index contributed by atoms with van der Waals surface area (Å²) in [6.07, 6.45) is 3.21. The molecule has 0 unspecified atom stereocenters. The van der Waals surface area contributed by atoms with E-state index in [0.29, 0.717) is 19.7 Å². The molecule has 3 rings (SSSR count). The number of para-hydroxylation sites is 1. The summed E-state index contributed by atoms with van der Waals surface area (Å²) < 4.78 is 7.42. The molecule has 0 fully saturated rings. The lowest BCUT2D eigenvalue weighted by atomic mass is 10.2. The molecule has 0 amide bonds. The molecule has 8 heteroatoms. The molecule has 0 saturated carbocycles. The number of benzene rings is 2. The molecule has 0 aliphatic carbocycles. The van der Waals surface area contributed by atoms with Gasteiger partial charge in [0.1, 0.15) is 18.4 Å². The Kier molecular flexibility index (Phi) is 9.42. The predicted molar refractivity (Wildman–Crippen MR) is 126 cm³/mol. The van der Waals surface area contributed by atoms with Gasteiger partial charge in [-0.2, -0.15) is 5.10 Å². The van der Waals surface area contributed by atoms with Crippen molar-refractivity contribution in [3.05, 3.63) is 72.3 Å². The Morgan fingerprint density at radius 2 is 1.86 bits per heavy atom. The predicted octanol–water partition coefficient (Wildman–Crippen LogP) is 3.54. The van der Waals surface area contributed by atoms with E-state index in [4.69, 9.17) is 4.74 Å². The first kappa shape index (κ1) is 22.7. The van der Waals surface area contributed by atoms with Crippen LogP contribution in [0.5, 0.6) is 5.75 Å². The maximum absolute atomic E-state index is 5.69. The summed E-state index contributed by atoms with van der Waals surface area (Å²) in [6.45, 7) is 6.72. The fraction of sp³-hybridized carbons (Fsp3) is 0.286. The van der Waals surface area contributed by atoms with Crippen molar-refractivity contribution in [2.75, 3.05) is 13.2 Å². The molecule has 0 spiro atoms. The smallest absolute Gasteiger partial charge is 0.191 e. The lowest BCUT2D eigenvalue weighted by molar-refractivity contribution is 0.336. The first-order valence-corrected chi connectivity index (χ1v) is 9.47. The second-order valence-corrected chi connectivity index (χ2v) is 6.10. The van der Waals surface area contributed by atoms with E-state index >= 15 is 0 Å². The largest absolute Gasteiger partial charge is 0.494 e. The van der Waals surface area contributed by atoms with Gasteiger partial charge in [-0.3, -0.25) is 0 Å².